The normalized spacial score (nSPS) is 9.65. The molecule has 0 saturated carbocycles. The van der Waals surface area contributed by atoms with Crippen molar-refractivity contribution in [1.82, 2.24) is 5.32 Å². The molecule has 0 spiro atoms. The molecule has 2 N–H and O–H groups in total. The summed E-state index contributed by atoms with van der Waals surface area (Å²) in [5, 5.41) is 11.3. The molecule has 0 radical (unpaired) electrons. The maximum atomic E-state index is 13.1. The monoisotopic (exact) mass is 317 g/mol. The first kappa shape index (κ1) is 16.3. The zero-order chi connectivity index (χ0) is 16.7. The third-order valence-electron chi connectivity index (χ3n) is 2.78. The number of aromatic hydroxyl groups is 1. The number of amides is 1. The summed E-state index contributed by atoms with van der Waals surface area (Å²) >= 11 is 0. The van der Waals surface area contributed by atoms with Crippen LogP contribution >= 0.6 is 0 Å². The highest BCUT2D eigenvalue weighted by Crippen LogP contribution is 2.20. The van der Waals surface area contributed by atoms with E-state index in [-0.39, 0.29) is 18.7 Å². The molecule has 0 bridgehead atoms. The second kappa shape index (κ2) is 7.80. The molecule has 0 heterocycles. The van der Waals surface area contributed by atoms with E-state index in [1.807, 2.05) is 30.3 Å². The number of halogens is 2. The third kappa shape index (κ3) is 5.00. The summed E-state index contributed by atoms with van der Waals surface area (Å²) in [6, 6.07) is 11.0. The molecule has 118 valence electrons. The lowest BCUT2D eigenvalue weighted by Crippen LogP contribution is -2.24. The molecule has 2 aromatic carbocycles. The number of ether oxygens (including phenoxy) is 1. The first-order valence-corrected chi connectivity index (χ1v) is 6.67. The standard InChI is InChI=1S/C17H13F2NO3/c18-14-9-13(10-15(19)16(14)21)7-4-8-20-17(22)23-11-12-5-2-1-3-6-12/h1-3,5-6,9-10,21H,8,11H2,(H,20,22). The van der Waals surface area contributed by atoms with Crippen molar-refractivity contribution < 1.29 is 23.4 Å². The van der Waals surface area contributed by atoms with Crippen LogP contribution in [0.3, 0.4) is 0 Å². The van der Waals surface area contributed by atoms with Gasteiger partial charge < -0.3 is 15.2 Å². The van der Waals surface area contributed by atoms with Gasteiger partial charge in [-0.2, -0.15) is 0 Å². The predicted octanol–water partition coefficient (Wildman–Crippen LogP) is 2.95. The van der Waals surface area contributed by atoms with Crippen molar-refractivity contribution >= 4 is 6.09 Å². The lowest BCUT2D eigenvalue weighted by Gasteiger charge is -2.04. The van der Waals surface area contributed by atoms with Gasteiger partial charge in [0.25, 0.3) is 0 Å². The van der Waals surface area contributed by atoms with E-state index in [2.05, 4.69) is 17.2 Å². The second-order valence-corrected chi connectivity index (χ2v) is 4.51. The Morgan fingerprint density at radius 2 is 1.83 bits per heavy atom. The van der Waals surface area contributed by atoms with Crippen molar-refractivity contribution in [2.75, 3.05) is 6.54 Å². The van der Waals surface area contributed by atoms with Crippen molar-refractivity contribution in [1.29, 1.82) is 0 Å². The largest absolute Gasteiger partial charge is 0.503 e. The van der Waals surface area contributed by atoms with E-state index < -0.39 is 23.5 Å². The summed E-state index contributed by atoms with van der Waals surface area (Å²) in [4.78, 5) is 11.4. The minimum atomic E-state index is -1.09. The fraction of sp³-hybridized carbons (Fsp3) is 0.118. The maximum Gasteiger partial charge on any atom is 0.408 e. The Labute approximate surface area is 131 Å². The lowest BCUT2D eigenvalue weighted by atomic mass is 10.2. The number of rotatable bonds is 3. The number of alkyl carbamates (subject to hydrolysis) is 1. The van der Waals surface area contributed by atoms with Crippen molar-refractivity contribution in [2.45, 2.75) is 6.61 Å². The van der Waals surface area contributed by atoms with Gasteiger partial charge in [-0.15, -0.1) is 0 Å². The van der Waals surface area contributed by atoms with Gasteiger partial charge in [0.05, 0.1) is 6.54 Å². The molecule has 2 aromatic rings. The van der Waals surface area contributed by atoms with Crippen LogP contribution in [0.25, 0.3) is 0 Å². The molecule has 0 aromatic heterocycles. The van der Waals surface area contributed by atoms with Gasteiger partial charge >= 0.3 is 6.09 Å². The number of carbonyl (C=O) groups is 1. The number of hydrogen-bond acceptors (Lipinski definition) is 3. The fourth-order valence-corrected chi connectivity index (χ4v) is 1.67. The Bertz CT molecular complexity index is 728. The Morgan fingerprint density at radius 1 is 1.17 bits per heavy atom. The third-order valence-corrected chi connectivity index (χ3v) is 2.78. The first-order chi connectivity index (χ1) is 11.1. The van der Waals surface area contributed by atoms with Crippen LogP contribution in [-0.2, 0) is 11.3 Å². The van der Waals surface area contributed by atoms with E-state index >= 15 is 0 Å². The summed E-state index contributed by atoms with van der Waals surface area (Å²) in [6.07, 6.45) is -0.647. The Morgan fingerprint density at radius 3 is 2.48 bits per heavy atom. The van der Waals surface area contributed by atoms with E-state index in [1.165, 1.54) is 0 Å². The highest BCUT2D eigenvalue weighted by Gasteiger charge is 2.08. The quantitative estimate of drug-likeness (QED) is 0.856. The van der Waals surface area contributed by atoms with Crippen LogP contribution in [0, 0.1) is 23.5 Å². The van der Waals surface area contributed by atoms with Gasteiger partial charge in [-0.05, 0) is 17.7 Å². The molecule has 2 rings (SSSR count). The van der Waals surface area contributed by atoms with Crippen LogP contribution in [0.4, 0.5) is 13.6 Å². The van der Waals surface area contributed by atoms with Crippen LogP contribution in [0.15, 0.2) is 42.5 Å². The molecule has 6 heteroatoms. The molecule has 0 saturated heterocycles. The SMILES string of the molecule is O=C(NCC#Cc1cc(F)c(O)c(F)c1)OCc1ccccc1. The summed E-state index contributed by atoms with van der Waals surface area (Å²) < 4.78 is 31.1. The number of nitrogens with one attached hydrogen (secondary N) is 1. The predicted molar refractivity (Wildman–Crippen MR) is 79.5 cm³/mol. The van der Waals surface area contributed by atoms with Crippen molar-refractivity contribution in [3.05, 3.63) is 65.2 Å². The van der Waals surface area contributed by atoms with E-state index in [1.54, 1.807) is 0 Å². The molecule has 0 aliphatic rings. The van der Waals surface area contributed by atoms with Gasteiger partial charge in [0.2, 0.25) is 0 Å². The maximum absolute atomic E-state index is 13.1. The number of carbonyl (C=O) groups excluding carboxylic acids is 1. The smallest absolute Gasteiger partial charge is 0.408 e. The molecule has 0 aliphatic carbocycles. The molecule has 0 fully saturated rings. The molecule has 1 amide bonds. The van der Waals surface area contributed by atoms with Gasteiger partial charge in [-0.25, -0.2) is 13.6 Å². The van der Waals surface area contributed by atoms with Crippen molar-refractivity contribution in [3.63, 3.8) is 0 Å². The Hall–Kier alpha value is -3.07. The summed E-state index contributed by atoms with van der Waals surface area (Å²) in [5.41, 5.74) is 0.904. The minimum absolute atomic E-state index is 0.0439. The summed E-state index contributed by atoms with van der Waals surface area (Å²) in [6.45, 7) is 0.0895. The van der Waals surface area contributed by atoms with Gasteiger partial charge in [0.15, 0.2) is 17.4 Å². The highest BCUT2D eigenvalue weighted by atomic mass is 19.1. The summed E-state index contributed by atoms with van der Waals surface area (Å²) in [5.74, 6) is 1.77. The Balaban J connectivity index is 1.80. The highest BCUT2D eigenvalue weighted by molar-refractivity contribution is 5.67. The molecule has 0 unspecified atom stereocenters. The zero-order valence-corrected chi connectivity index (χ0v) is 12.0. The van der Waals surface area contributed by atoms with E-state index in [9.17, 15) is 13.6 Å². The van der Waals surface area contributed by atoms with Gasteiger partial charge in [-0.3, -0.25) is 0 Å². The molecule has 0 aliphatic heterocycles. The molecule has 23 heavy (non-hydrogen) atoms. The topological polar surface area (TPSA) is 58.6 Å². The van der Waals surface area contributed by atoms with Crippen LogP contribution in [0.5, 0.6) is 5.75 Å². The van der Waals surface area contributed by atoms with E-state index in [0.717, 1.165) is 17.7 Å². The fourth-order valence-electron chi connectivity index (χ4n) is 1.67. The number of hydrogen-bond donors (Lipinski definition) is 2. The second-order valence-electron chi connectivity index (χ2n) is 4.51. The van der Waals surface area contributed by atoms with E-state index in [0.29, 0.717) is 0 Å². The average molecular weight is 317 g/mol. The van der Waals surface area contributed by atoms with Crippen molar-refractivity contribution in [3.8, 4) is 17.6 Å². The van der Waals surface area contributed by atoms with Crippen LogP contribution < -0.4 is 5.32 Å². The van der Waals surface area contributed by atoms with Crippen LogP contribution in [0.1, 0.15) is 11.1 Å². The van der Waals surface area contributed by atoms with Crippen LogP contribution in [-0.4, -0.2) is 17.7 Å². The number of phenolic OH excluding ortho intramolecular Hbond substituents is 1. The van der Waals surface area contributed by atoms with Gasteiger partial charge in [-0.1, -0.05) is 42.2 Å². The average Bonchev–Trinajstić information content (AvgIpc) is 2.55. The molecule has 4 nitrogen and oxygen atoms in total. The number of phenols is 1. The number of benzene rings is 2. The lowest BCUT2D eigenvalue weighted by molar-refractivity contribution is 0.141. The Kier molecular flexibility index (Phi) is 5.53. The molecular formula is C17H13F2NO3. The molecule has 0 atom stereocenters. The first-order valence-electron chi connectivity index (χ1n) is 6.67. The van der Waals surface area contributed by atoms with E-state index in [4.69, 9.17) is 9.84 Å². The summed E-state index contributed by atoms with van der Waals surface area (Å²) in [7, 11) is 0. The van der Waals surface area contributed by atoms with Crippen LogP contribution in [0.2, 0.25) is 0 Å². The zero-order valence-electron chi connectivity index (χ0n) is 12.0. The van der Waals surface area contributed by atoms with Crippen molar-refractivity contribution in [2.24, 2.45) is 0 Å². The molecular weight excluding hydrogens is 304 g/mol. The van der Waals surface area contributed by atoms with Gasteiger partial charge in [0, 0.05) is 5.56 Å². The minimum Gasteiger partial charge on any atom is -0.503 e. The van der Waals surface area contributed by atoms with Gasteiger partial charge in [0.1, 0.15) is 6.61 Å².